The summed E-state index contributed by atoms with van der Waals surface area (Å²) in [6, 6.07) is 4.52. The van der Waals surface area contributed by atoms with Crippen LogP contribution in [0.4, 0.5) is 0 Å². The Kier molecular flexibility index (Phi) is 5.31. The number of methoxy groups -OCH3 is 2. The van der Waals surface area contributed by atoms with Gasteiger partial charge in [-0.05, 0) is 25.0 Å². The van der Waals surface area contributed by atoms with Crippen molar-refractivity contribution in [1.29, 1.82) is 0 Å². The van der Waals surface area contributed by atoms with Crippen LogP contribution in [0.5, 0.6) is 11.5 Å². The lowest BCUT2D eigenvalue weighted by Gasteiger charge is -2.33. The molecule has 6 nitrogen and oxygen atoms in total. The minimum absolute atomic E-state index is 0.143. The van der Waals surface area contributed by atoms with Gasteiger partial charge in [-0.15, -0.1) is 0 Å². The molecular weight excluding hydrogens is 304 g/mol. The molecule has 7 heteroatoms. The smallest absolute Gasteiger partial charge is 0.240 e. The Balaban J connectivity index is 2.13. The lowest BCUT2D eigenvalue weighted by Crippen LogP contribution is -2.51. The first-order valence-corrected chi connectivity index (χ1v) is 8.89. The van der Waals surface area contributed by atoms with Gasteiger partial charge in [0.05, 0.1) is 19.1 Å². The molecule has 1 saturated carbocycles. The Hall–Kier alpha value is -1.31. The molecular formula is C15H24N2O4S. The first-order valence-electron chi connectivity index (χ1n) is 7.41. The topological polar surface area (TPSA) is 90.7 Å². The molecule has 1 aromatic carbocycles. The van der Waals surface area contributed by atoms with E-state index in [1.165, 1.54) is 32.8 Å². The predicted octanol–water partition coefficient (Wildman–Crippen LogP) is 1.64. The number of sulfonamides is 1. The maximum atomic E-state index is 12.4. The van der Waals surface area contributed by atoms with Gasteiger partial charge in [0.15, 0.2) is 11.5 Å². The molecule has 0 heterocycles. The molecule has 0 bridgehead atoms. The number of nitrogens with one attached hydrogen (secondary N) is 1. The van der Waals surface area contributed by atoms with Crippen LogP contribution in [0.2, 0.25) is 0 Å². The number of rotatable bonds is 6. The molecule has 0 unspecified atom stereocenters. The Morgan fingerprint density at radius 3 is 2.36 bits per heavy atom. The van der Waals surface area contributed by atoms with Crippen molar-refractivity contribution in [2.24, 2.45) is 5.73 Å². The van der Waals surface area contributed by atoms with Gasteiger partial charge >= 0.3 is 0 Å². The average molecular weight is 328 g/mol. The second kappa shape index (κ2) is 6.85. The van der Waals surface area contributed by atoms with Crippen LogP contribution in [0.25, 0.3) is 0 Å². The molecule has 124 valence electrons. The molecule has 2 rings (SSSR count). The molecule has 1 aliphatic rings. The molecule has 0 amide bonds. The summed E-state index contributed by atoms with van der Waals surface area (Å²) < 4.78 is 37.7. The van der Waals surface area contributed by atoms with Crippen molar-refractivity contribution in [3.05, 3.63) is 18.2 Å². The lowest BCUT2D eigenvalue weighted by atomic mass is 9.83. The summed E-state index contributed by atoms with van der Waals surface area (Å²) in [4.78, 5) is 0.143. The molecule has 22 heavy (non-hydrogen) atoms. The summed E-state index contributed by atoms with van der Waals surface area (Å²) in [5.41, 5.74) is 5.83. The number of nitrogens with two attached hydrogens (primary N) is 1. The Morgan fingerprint density at radius 1 is 1.14 bits per heavy atom. The zero-order valence-corrected chi connectivity index (χ0v) is 13.9. The second-order valence-corrected chi connectivity index (χ2v) is 7.53. The van der Waals surface area contributed by atoms with E-state index >= 15 is 0 Å². The predicted molar refractivity (Wildman–Crippen MR) is 84.7 cm³/mol. The fraction of sp³-hybridized carbons (Fsp3) is 0.600. The number of benzene rings is 1. The molecule has 1 aliphatic carbocycles. The minimum Gasteiger partial charge on any atom is -0.493 e. The zero-order chi connectivity index (χ0) is 16.2. The Labute approximate surface area is 132 Å². The molecule has 0 aromatic heterocycles. The SMILES string of the molecule is COc1ccc(S(=O)(=O)NCC2(N)CCCCC2)cc1OC. The van der Waals surface area contributed by atoms with Crippen molar-refractivity contribution in [3.63, 3.8) is 0 Å². The number of hydrogen-bond donors (Lipinski definition) is 2. The summed E-state index contributed by atoms with van der Waals surface area (Å²) in [7, 11) is -0.645. The maximum absolute atomic E-state index is 12.4. The first kappa shape index (κ1) is 17.1. The molecule has 0 spiro atoms. The van der Waals surface area contributed by atoms with Gasteiger partial charge in [-0.1, -0.05) is 19.3 Å². The van der Waals surface area contributed by atoms with Gasteiger partial charge in [0, 0.05) is 18.2 Å². The molecule has 0 atom stereocenters. The van der Waals surface area contributed by atoms with Crippen LogP contribution in [-0.4, -0.2) is 34.7 Å². The van der Waals surface area contributed by atoms with Gasteiger partial charge in [0.1, 0.15) is 0 Å². The molecule has 0 aliphatic heterocycles. The van der Waals surface area contributed by atoms with Crippen LogP contribution in [0.1, 0.15) is 32.1 Å². The van der Waals surface area contributed by atoms with E-state index in [9.17, 15) is 8.42 Å². The van der Waals surface area contributed by atoms with E-state index in [1.54, 1.807) is 6.07 Å². The van der Waals surface area contributed by atoms with Gasteiger partial charge in [0.25, 0.3) is 0 Å². The third-order valence-corrected chi connectivity index (χ3v) is 5.53. The van der Waals surface area contributed by atoms with E-state index in [0.29, 0.717) is 11.5 Å². The van der Waals surface area contributed by atoms with Gasteiger partial charge < -0.3 is 15.2 Å². The van der Waals surface area contributed by atoms with Crippen molar-refractivity contribution in [3.8, 4) is 11.5 Å². The largest absolute Gasteiger partial charge is 0.493 e. The number of ether oxygens (including phenoxy) is 2. The van der Waals surface area contributed by atoms with E-state index in [4.69, 9.17) is 15.2 Å². The van der Waals surface area contributed by atoms with Gasteiger partial charge in [-0.3, -0.25) is 0 Å². The summed E-state index contributed by atoms with van der Waals surface area (Å²) >= 11 is 0. The molecule has 3 N–H and O–H groups in total. The van der Waals surface area contributed by atoms with E-state index < -0.39 is 15.6 Å². The molecule has 0 saturated heterocycles. The zero-order valence-electron chi connectivity index (χ0n) is 13.1. The third kappa shape index (κ3) is 3.91. The first-order chi connectivity index (χ1) is 10.4. The highest BCUT2D eigenvalue weighted by Gasteiger charge is 2.29. The van der Waals surface area contributed by atoms with Crippen molar-refractivity contribution in [2.45, 2.75) is 42.5 Å². The Bertz CT molecular complexity index is 610. The highest BCUT2D eigenvalue weighted by atomic mass is 32.2. The lowest BCUT2D eigenvalue weighted by molar-refractivity contribution is 0.296. The van der Waals surface area contributed by atoms with Crippen LogP contribution in [0, 0.1) is 0 Å². The van der Waals surface area contributed by atoms with Crippen LogP contribution in [-0.2, 0) is 10.0 Å². The average Bonchev–Trinajstić information content (AvgIpc) is 2.53. The summed E-state index contributed by atoms with van der Waals surface area (Å²) in [6.45, 7) is 0.254. The van der Waals surface area contributed by atoms with E-state index in [-0.39, 0.29) is 11.4 Å². The van der Waals surface area contributed by atoms with Gasteiger partial charge in [0.2, 0.25) is 10.0 Å². The highest BCUT2D eigenvalue weighted by Crippen LogP contribution is 2.30. The quantitative estimate of drug-likeness (QED) is 0.828. The van der Waals surface area contributed by atoms with Crippen LogP contribution >= 0.6 is 0 Å². The summed E-state index contributed by atoms with van der Waals surface area (Å²) in [5, 5.41) is 0. The van der Waals surface area contributed by atoms with Crippen molar-refractivity contribution in [1.82, 2.24) is 4.72 Å². The van der Waals surface area contributed by atoms with Gasteiger partial charge in [-0.2, -0.15) is 0 Å². The second-order valence-electron chi connectivity index (χ2n) is 5.76. The van der Waals surface area contributed by atoms with Crippen LogP contribution < -0.4 is 19.9 Å². The monoisotopic (exact) mass is 328 g/mol. The van der Waals surface area contributed by atoms with E-state index in [2.05, 4.69) is 4.72 Å². The van der Waals surface area contributed by atoms with Crippen LogP contribution in [0.3, 0.4) is 0 Å². The van der Waals surface area contributed by atoms with E-state index in [1.807, 2.05) is 0 Å². The van der Waals surface area contributed by atoms with Gasteiger partial charge in [-0.25, -0.2) is 13.1 Å². The Morgan fingerprint density at radius 2 is 1.77 bits per heavy atom. The fourth-order valence-corrected chi connectivity index (χ4v) is 3.89. The minimum atomic E-state index is -3.62. The van der Waals surface area contributed by atoms with Crippen molar-refractivity contribution < 1.29 is 17.9 Å². The summed E-state index contributed by atoms with van der Waals surface area (Å²) in [6.07, 6.45) is 4.97. The fourth-order valence-electron chi connectivity index (χ4n) is 2.74. The van der Waals surface area contributed by atoms with E-state index in [0.717, 1.165) is 25.7 Å². The normalized spacial score (nSPS) is 18.0. The maximum Gasteiger partial charge on any atom is 0.240 e. The summed E-state index contributed by atoms with van der Waals surface area (Å²) in [5.74, 6) is 0.870. The standard InChI is InChI=1S/C15H24N2O4S/c1-20-13-7-6-12(10-14(13)21-2)22(18,19)17-11-15(16)8-4-3-5-9-15/h6-7,10,17H,3-5,8-9,11,16H2,1-2H3. The number of hydrogen-bond acceptors (Lipinski definition) is 5. The molecule has 1 fully saturated rings. The van der Waals surface area contributed by atoms with Crippen LogP contribution in [0.15, 0.2) is 23.1 Å². The highest BCUT2D eigenvalue weighted by molar-refractivity contribution is 7.89. The molecule has 1 aromatic rings. The third-order valence-electron chi connectivity index (χ3n) is 4.13. The molecule has 0 radical (unpaired) electrons. The van der Waals surface area contributed by atoms with Crippen molar-refractivity contribution >= 4 is 10.0 Å². The van der Waals surface area contributed by atoms with Crippen molar-refractivity contribution in [2.75, 3.05) is 20.8 Å².